The van der Waals surface area contributed by atoms with E-state index in [4.69, 9.17) is 42.6 Å². The summed E-state index contributed by atoms with van der Waals surface area (Å²) in [4.78, 5) is 37.3. The van der Waals surface area contributed by atoms with Crippen molar-refractivity contribution < 1.29 is 19.1 Å². The molecule has 2 aromatic carbocycles. The standard InChI is InChI=1S/C35H36Cl2N6O4/c1-46-34-20(17-38-22-16-31(45)40-18-22)12-14-27(42-34)25-9-4-7-23(32(25)36)24-8-5-10-26(33(24)37)29-19-39-28(35(43-29)47-2)11-3-6-21-13-15-30(44)41-21/h4-5,7-10,12,14,19,21-22,38H,3,6,11,13,15-18H2,1-2H3,(H,40,45)(H,41,44)/t21-,22-/m1/s1. The molecule has 4 heterocycles. The number of rotatable bonds is 12. The lowest BCUT2D eigenvalue weighted by atomic mass is 9.98. The second-order valence-electron chi connectivity index (χ2n) is 11.7. The second-order valence-corrected chi connectivity index (χ2v) is 12.4. The van der Waals surface area contributed by atoms with Gasteiger partial charge in [0.1, 0.15) is 5.69 Å². The van der Waals surface area contributed by atoms with Crippen LogP contribution in [0.2, 0.25) is 10.0 Å². The van der Waals surface area contributed by atoms with Crippen molar-refractivity contribution in [2.24, 2.45) is 0 Å². The van der Waals surface area contributed by atoms with Crippen LogP contribution in [0.5, 0.6) is 11.8 Å². The van der Waals surface area contributed by atoms with Gasteiger partial charge in [-0.2, -0.15) is 0 Å². The molecule has 10 nitrogen and oxygen atoms in total. The summed E-state index contributed by atoms with van der Waals surface area (Å²) in [6, 6.07) is 15.6. The molecule has 0 spiro atoms. The number of halogens is 2. The van der Waals surface area contributed by atoms with Crippen LogP contribution in [0.25, 0.3) is 33.6 Å². The number of methoxy groups -OCH3 is 2. The van der Waals surface area contributed by atoms with E-state index in [9.17, 15) is 9.59 Å². The first kappa shape index (κ1) is 32.7. The first-order valence-corrected chi connectivity index (χ1v) is 16.4. The molecule has 2 atom stereocenters. The minimum absolute atomic E-state index is 0.0490. The SMILES string of the molecule is COc1nc(-c2cccc(-c3cccc(-c4cnc(CCC[C@@H]5CCC(=O)N5)c(OC)n4)c3Cl)c2Cl)ccc1CN[C@H]1CNC(=O)C1. The maximum absolute atomic E-state index is 11.5. The fraction of sp³-hybridized carbons (Fsp3) is 0.343. The molecule has 0 bridgehead atoms. The van der Waals surface area contributed by atoms with Crippen molar-refractivity contribution in [3.05, 3.63) is 76.0 Å². The third-order valence-electron chi connectivity index (χ3n) is 8.59. The smallest absolute Gasteiger partial charge is 0.235 e. The van der Waals surface area contributed by atoms with Gasteiger partial charge >= 0.3 is 0 Å². The first-order valence-electron chi connectivity index (χ1n) is 15.7. The van der Waals surface area contributed by atoms with Crippen LogP contribution in [0.4, 0.5) is 0 Å². The lowest BCUT2D eigenvalue weighted by molar-refractivity contribution is -0.120. The fourth-order valence-electron chi connectivity index (χ4n) is 6.08. The van der Waals surface area contributed by atoms with E-state index in [0.29, 0.717) is 71.1 Å². The molecule has 2 aromatic heterocycles. The Hall–Kier alpha value is -4.25. The van der Waals surface area contributed by atoms with Crippen molar-refractivity contribution in [2.75, 3.05) is 20.8 Å². The predicted molar refractivity (Wildman–Crippen MR) is 182 cm³/mol. The zero-order valence-electron chi connectivity index (χ0n) is 26.2. The van der Waals surface area contributed by atoms with Crippen molar-refractivity contribution in [3.63, 3.8) is 0 Å². The van der Waals surface area contributed by atoms with Crippen LogP contribution in [0.3, 0.4) is 0 Å². The Kier molecular flexibility index (Phi) is 10.2. The van der Waals surface area contributed by atoms with Gasteiger partial charge in [0.2, 0.25) is 23.6 Å². The van der Waals surface area contributed by atoms with Gasteiger partial charge in [-0.05, 0) is 31.7 Å². The van der Waals surface area contributed by atoms with E-state index in [-0.39, 0.29) is 23.9 Å². The molecule has 0 saturated carbocycles. The summed E-state index contributed by atoms with van der Waals surface area (Å²) in [6.07, 6.45) is 6.08. The molecule has 6 rings (SSSR count). The summed E-state index contributed by atoms with van der Waals surface area (Å²) < 4.78 is 11.2. The van der Waals surface area contributed by atoms with E-state index in [1.165, 1.54) is 0 Å². The van der Waals surface area contributed by atoms with Gasteiger partial charge in [0, 0.05) is 65.8 Å². The van der Waals surface area contributed by atoms with Gasteiger partial charge in [0.05, 0.1) is 41.8 Å². The largest absolute Gasteiger partial charge is 0.481 e. The molecule has 2 aliphatic heterocycles. The van der Waals surface area contributed by atoms with Crippen molar-refractivity contribution in [1.29, 1.82) is 0 Å². The molecule has 0 radical (unpaired) electrons. The van der Waals surface area contributed by atoms with Crippen LogP contribution < -0.4 is 25.4 Å². The Morgan fingerprint density at radius 2 is 1.55 bits per heavy atom. The lowest BCUT2D eigenvalue weighted by Crippen LogP contribution is -2.30. The maximum atomic E-state index is 11.5. The number of carbonyl (C=O) groups is 2. The van der Waals surface area contributed by atoms with Crippen molar-refractivity contribution in [1.82, 2.24) is 30.9 Å². The van der Waals surface area contributed by atoms with Gasteiger partial charge in [-0.1, -0.05) is 65.7 Å². The molecule has 4 aromatic rings. The zero-order valence-corrected chi connectivity index (χ0v) is 27.8. The van der Waals surface area contributed by atoms with Crippen LogP contribution in [0.15, 0.2) is 54.7 Å². The third kappa shape index (κ3) is 7.35. The highest BCUT2D eigenvalue weighted by molar-refractivity contribution is 6.39. The van der Waals surface area contributed by atoms with E-state index in [1.54, 1.807) is 20.4 Å². The summed E-state index contributed by atoms with van der Waals surface area (Å²) in [5.74, 6) is 1.10. The fourth-order valence-corrected chi connectivity index (χ4v) is 6.73. The van der Waals surface area contributed by atoms with E-state index in [1.807, 2.05) is 48.5 Å². The first-order chi connectivity index (χ1) is 22.8. The van der Waals surface area contributed by atoms with Gasteiger partial charge < -0.3 is 25.4 Å². The van der Waals surface area contributed by atoms with E-state index < -0.39 is 0 Å². The minimum Gasteiger partial charge on any atom is -0.481 e. The van der Waals surface area contributed by atoms with Gasteiger partial charge in [0.15, 0.2) is 0 Å². The highest BCUT2D eigenvalue weighted by Crippen LogP contribution is 2.42. The normalized spacial score (nSPS) is 17.4. The topological polar surface area (TPSA) is 127 Å². The number of benzene rings is 2. The molecule has 0 unspecified atom stereocenters. The van der Waals surface area contributed by atoms with Crippen molar-refractivity contribution in [3.8, 4) is 45.4 Å². The van der Waals surface area contributed by atoms with E-state index in [2.05, 4.69) is 20.9 Å². The Morgan fingerprint density at radius 3 is 2.19 bits per heavy atom. The molecule has 12 heteroatoms. The molecule has 47 heavy (non-hydrogen) atoms. The van der Waals surface area contributed by atoms with Gasteiger partial charge in [-0.15, -0.1) is 0 Å². The number of pyridine rings is 1. The molecular weight excluding hydrogens is 639 g/mol. The summed E-state index contributed by atoms with van der Waals surface area (Å²) in [6.45, 7) is 1.12. The summed E-state index contributed by atoms with van der Waals surface area (Å²) in [5, 5.41) is 10.2. The monoisotopic (exact) mass is 674 g/mol. The van der Waals surface area contributed by atoms with Gasteiger partial charge in [-0.3, -0.25) is 14.6 Å². The van der Waals surface area contributed by atoms with Gasteiger partial charge in [0.25, 0.3) is 0 Å². The number of aryl methyl sites for hydroxylation is 1. The maximum Gasteiger partial charge on any atom is 0.235 e. The third-order valence-corrected chi connectivity index (χ3v) is 9.40. The van der Waals surface area contributed by atoms with Crippen LogP contribution in [0.1, 0.15) is 43.4 Å². The Balaban J connectivity index is 1.22. The number of aromatic nitrogens is 3. The van der Waals surface area contributed by atoms with Crippen LogP contribution in [0, 0.1) is 0 Å². The van der Waals surface area contributed by atoms with Gasteiger partial charge in [-0.25, -0.2) is 9.97 Å². The molecule has 2 amide bonds. The predicted octanol–water partition coefficient (Wildman–Crippen LogP) is 5.78. The summed E-state index contributed by atoms with van der Waals surface area (Å²) in [7, 11) is 3.17. The zero-order chi connectivity index (χ0) is 32.9. The number of amides is 2. The average Bonchev–Trinajstić information content (AvgIpc) is 3.71. The highest BCUT2D eigenvalue weighted by atomic mass is 35.5. The van der Waals surface area contributed by atoms with Crippen LogP contribution >= 0.6 is 23.2 Å². The number of nitrogens with one attached hydrogen (secondary N) is 3. The lowest BCUT2D eigenvalue weighted by Gasteiger charge is -2.16. The highest BCUT2D eigenvalue weighted by Gasteiger charge is 2.23. The summed E-state index contributed by atoms with van der Waals surface area (Å²) in [5.41, 5.74) is 5.81. The van der Waals surface area contributed by atoms with Crippen molar-refractivity contribution in [2.45, 2.75) is 57.2 Å². The number of ether oxygens (including phenoxy) is 2. The molecule has 0 aliphatic carbocycles. The number of carbonyl (C=O) groups excluding carboxylic acids is 2. The summed E-state index contributed by atoms with van der Waals surface area (Å²) >= 11 is 14.1. The molecule has 2 aliphatic rings. The molecule has 2 fully saturated rings. The minimum atomic E-state index is 0.0490. The molecule has 3 N–H and O–H groups in total. The molecular formula is C35H36Cl2N6O4. The van der Waals surface area contributed by atoms with E-state index in [0.717, 1.165) is 47.2 Å². The van der Waals surface area contributed by atoms with Crippen molar-refractivity contribution >= 4 is 35.0 Å². The quantitative estimate of drug-likeness (QED) is 0.173. The number of hydrogen-bond donors (Lipinski definition) is 3. The van der Waals surface area contributed by atoms with E-state index >= 15 is 0 Å². The molecule has 2 saturated heterocycles. The Labute approximate surface area is 283 Å². The Morgan fingerprint density at radius 1 is 0.872 bits per heavy atom. The number of hydrogen-bond acceptors (Lipinski definition) is 8. The Bertz CT molecular complexity index is 1800. The second kappa shape index (κ2) is 14.7. The number of nitrogens with zero attached hydrogens (tertiary/aromatic N) is 3. The van der Waals surface area contributed by atoms with Crippen LogP contribution in [-0.2, 0) is 22.6 Å². The van der Waals surface area contributed by atoms with Crippen LogP contribution in [-0.4, -0.2) is 59.6 Å². The molecule has 244 valence electrons. The average molecular weight is 676 g/mol.